The Morgan fingerprint density at radius 3 is 2.33 bits per heavy atom. The van der Waals surface area contributed by atoms with Crippen LogP contribution in [-0.2, 0) is 10.5 Å². The normalized spacial score (nSPS) is 10.3. The Morgan fingerprint density at radius 1 is 1.00 bits per heavy atom. The Kier molecular flexibility index (Phi) is 6.22. The van der Waals surface area contributed by atoms with Gasteiger partial charge >= 0.3 is 5.97 Å². The van der Waals surface area contributed by atoms with Gasteiger partial charge in [0.15, 0.2) is 0 Å². The standard InChI is InChI=1S/C21H18N2O3S/c1-26-21(25)17-6-4-16(5-7-17)20(24)23-18-8-10-19(11-9-18)27-14-15-3-2-12-22-13-15/h2-13H,14H2,1H3,(H,23,24). The van der Waals surface area contributed by atoms with Gasteiger partial charge in [0.25, 0.3) is 5.91 Å². The van der Waals surface area contributed by atoms with Crippen LogP contribution in [0.5, 0.6) is 0 Å². The molecule has 0 unspecified atom stereocenters. The summed E-state index contributed by atoms with van der Waals surface area (Å²) in [6.45, 7) is 0. The molecule has 3 rings (SSSR count). The number of anilines is 1. The second-order valence-electron chi connectivity index (χ2n) is 5.70. The van der Waals surface area contributed by atoms with E-state index in [0.717, 1.165) is 16.2 Å². The first-order valence-electron chi connectivity index (χ1n) is 8.27. The number of hydrogen-bond donors (Lipinski definition) is 1. The largest absolute Gasteiger partial charge is 0.465 e. The number of hydrogen-bond acceptors (Lipinski definition) is 5. The Balaban J connectivity index is 1.57. The van der Waals surface area contributed by atoms with Gasteiger partial charge in [-0.05, 0) is 60.2 Å². The van der Waals surface area contributed by atoms with Gasteiger partial charge in [-0.2, -0.15) is 0 Å². The average Bonchev–Trinajstić information content (AvgIpc) is 2.73. The van der Waals surface area contributed by atoms with Gasteiger partial charge in [0.1, 0.15) is 0 Å². The van der Waals surface area contributed by atoms with Crippen LogP contribution in [0, 0.1) is 0 Å². The second kappa shape index (κ2) is 9.00. The minimum absolute atomic E-state index is 0.234. The molecule has 1 heterocycles. The lowest BCUT2D eigenvalue weighted by Gasteiger charge is -2.07. The lowest BCUT2D eigenvalue weighted by Crippen LogP contribution is -2.12. The number of amides is 1. The smallest absolute Gasteiger partial charge is 0.337 e. The number of nitrogens with one attached hydrogen (secondary N) is 1. The molecule has 136 valence electrons. The molecule has 0 aliphatic heterocycles. The molecular formula is C21H18N2O3S. The Morgan fingerprint density at radius 2 is 1.70 bits per heavy atom. The van der Waals surface area contributed by atoms with E-state index in [9.17, 15) is 9.59 Å². The number of esters is 1. The van der Waals surface area contributed by atoms with Crippen molar-refractivity contribution in [1.82, 2.24) is 4.98 Å². The summed E-state index contributed by atoms with van der Waals surface area (Å²) in [5, 5.41) is 2.85. The highest BCUT2D eigenvalue weighted by atomic mass is 32.2. The summed E-state index contributed by atoms with van der Waals surface area (Å²) < 4.78 is 4.65. The van der Waals surface area contributed by atoms with Gasteiger partial charge in [-0.25, -0.2) is 4.79 Å². The van der Waals surface area contributed by atoms with Crippen molar-refractivity contribution < 1.29 is 14.3 Å². The maximum Gasteiger partial charge on any atom is 0.337 e. The number of carbonyl (C=O) groups excluding carboxylic acids is 2. The molecule has 1 aromatic heterocycles. The van der Waals surface area contributed by atoms with Crippen LogP contribution in [0.3, 0.4) is 0 Å². The Labute approximate surface area is 161 Å². The molecule has 0 aliphatic rings. The van der Waals surface area contributed by atoms with Gasteiger partial charge in [0, 0.05) is 34.3 Å². The molecule has 0 fully saturated rings. The fourth-order valence-corrected chi connectivity index (χ4v) is 3.20. The van der Waals surface area contributed by atoms with Gasteiger partial charge in [0.2, 0.25) is 0 Å². The van der Waals surface area contributed by atoms with Gasteiger partial charge in [-0.1, -0.05) is 6.07 Å². The molecular weight excluding hydrogens is 360 g/mol. The van der Waals surface area contributed by atoms with Crippen molar-refractivity contribution in [2.24, 2.45) is 0 Å². The Bertz CT molecular complexity index is 910. The number of thioether (sulfide) groups is 1. The molecule has 6 heteroatoms. The molecule has 1 amide bonds. The van der Waals surface area contributed by atoms with Crippen molar-refractivity contribution in [2.75, 3.05) is 12.4 Å². The topological polar surface area (TPSA) is 68.3 Å². The number of carbonyl (C=O) groups is 2. The number of ether oxygens (including phenoxy) is 1. The zero-order chi connectivity index (χ0) is 19.1. The first-order chi connectivity index (χ1) is 13.2. The van der Waals surface area contributed by atoms with E-state index >= 15 is 0 Å². The third-order valence-corrected chi connectivity index (χ3v) is 4.89. The summed E-state index contributed by atoms with van der Waals surface area (Å²) in [5.41, 5.74) is 2.75. The molecule has 0 atom stereocenters. The molecule has 5 nitrogen and oxygen atoms in total. The number of rotatable bonds is 6. The predicted octanol–water partition coefficient (Wildman–Crippen LogP) is 4.41. The average molecular weight is 378 g/mol. The third-order valence-electron chi connectivity index (χ3n) is 3.81. The highest BCUT2D eigenvalue weighted by Gasteiger charge is 2.09. The van der Waals surface area contributed by atoms with Crippen LogP contribution in [-0.4, -0.2) is 24.0 Å². The van der Waals surface area contributed by atoms with Gasteiger partial charge in [-0.15, -0.1) is 11.8 Å². The maximum atomic E-state index is 12.3. The summed E-state index contributed by atoms with van der Waals surface area (Å²) >= 11 is 1.71. The molecule has 0 saturated carbocycles. The van der Waals surface area contributed by atoms with E-state index in [1.54, 1.807) is 42.2 Å². The van der Waals surface area contributed by atoms with Crippen LogP contribution in [0.15, 0.2) is 78.0 Å². The zero-order valence-corrected chi connectivity index (χ0v) is 15.5. The fraction of sp³-hybridized carbons (Fsp3) is 0.0952. The third kappa shape index (κ3) is 5.18. The predicted molar refractivity (Wildman–Crippen MR) is 106 cm³/mol. The van der Waals surface area contributed by atoms with Crippen molar-refractivity contribution in [1.29, 1.82) is 0 Å². The second-order valence-corrected chi connectivity index (χ2v) is 6.75. The molecule has 3 aromatic rings. The van der Waals surface area contributed by atoms with Crippen molar-refractivity contribution in [2.45, 2.75) is 10.6 Å². The summed E-state index contributed by atoms with van der Waals surface area (Å²) in [7, 11) is 1.32. The maximum absolute atomic E-state index is 12.3. The molecule has 0 spiro atoms. The Hall–Kier alpha value is -3.12. The number of nitrogens with zero attached hydrogens (tertiary/aromatic N) is 1. The van der Waals surface area contributed by atoms with E-state index in [1.165, 1.54) is 7.11 Å². The van der Waals surface area contributed by atoms with Crippen LogP contribution >= 0.6 is 11.8 Å². The van der Waals surface area contributed by atoms with Crippen LogP contribution in [0.25, 0.3) is 0 Å². The molecule has 27 heavy (non-hydrogen) atoms. The van der Waals surface area contributed by atoms with Crippen LogP contribution < -0.4 is 5.32 Å². The summed E-state index contributed by atoms with van der Waals surface area (Å²) in [6.07, 6.45) is 3.61. The van der Waals surface area contributed by atoms with Crippen molar-refractivity contribution >= 4 is 29.3 Å². The van der Waals surface area contributed by atoms with E-state index in [0.29, 0.717) is 16.8 Å². The summed E-state index contributed by atoms with van der Waals surface area (Å²) in [4.78, 5) is 29.0. The van der Waals surface area contributed by atoms with E-state index in [2.05, 4.69) is 15.0 Å². The molecule has 0 aliphatic carbocycles. The van der Waals surface area contributed by atoms with Gasteiger partial charge < -0.3 is 10.1 Å². The number of benzene rings is 2. The number of aromatic nitrogens is 1. The first-order valence-corrected chi connectivity index (χ1v) is 9.26. The van der Waals surface area contributed by atoms with Crippen molar-refractivity contribution in [3.63, 3.8) is 0 Å². The van der Waals surface area contributed by atoms with E-state index < -0.39 is 5.97 Å². The van der Waals surface area contributed by atoms with Crippen LogP contribution in [0.1, 0.15) is 26.3 Å². The van der Waals surface area contributed by atoms with Crippen LogP contribution in [0.4, 0.5) is 5.69 Å². The molecule has 2 aromatic carbocycles. The van der Waals surface area contributed by atoms with E-state index in [-0.39, 0.29) is 5.91 Å². The SMILES string of the molecule is COC(=O)c1ccc(C(=O)Nc2ccc(SCc3cccnc3)cc2)cc1. The molecule has 0 bridgehead atoms. The fourth-order valence-electron chi connectivity index (χ4n) is 2.36. The number of pyridine rings is 1. The summed E-state index contributed by atoms with van der Waals surface area (Å²) in [5.74, 6) is 0.176. The monoisotopic (exact) mass is 378 g/mol. The number of methoxy groups -OCH3 is 1. The summed E-state index contributed by atoms with van der Waals surface area (Å²) in [6, 6.07) is 18.0. The minimum Gasteiger partial charge on any atom is -0.465 e. The van der Waals surface area contributed by atoms with Gasteiger partial charge in [-0.3, -0.25) is 9.78 Å². The van der Waals surface area contributed by atoms with Crippen molar-refractivity contribution in [3.8, 4) is 0 Å². The van der Waals surface area contributed by atoms with E-state index in [4.69, 9.17) is 0 Å². The molecule has 0 saturated heterocycles. The molecule has 1 N–H and O–H groups in total. The minimum atomic E-state index is -0.429. The lowest BCUT2D eigenvalue weighted by atomic mass is 10.1. The quantitative estimate of drug-likeness (QED) is 0.508. The van der Waals surface area contributed by atoms with E-state index in [1.807, 2.05) is 42.6 Å². The lowest BCUT2D eigenvalue weighted by molar-refractivity contribution is 0.0600. The first kappa shape index (κ1) is 18.7. The van der Waals surface area contributed by atoms with Gasteiger partial charge in [0.05, 0.1) is 12.7 Å². The van der Waals surface area contributed by atoms with Crippen molar-refractivity contribution in [3.05, 3.63) is 89.7 Å². The highest BCUT2D eigenvalue weighted by Crippen LogP contribution is 2.24. The molecule has 0 radical (unpaired) electrons. The van der Waals surface area contributed by atoms with Crippen LogP contribution in [0.2, 0.25) is 0 Å². The zero-order valence-electron chi connectivity index (χ0n) is 14.7. The highest BCUT2D eigenvalue weighted by molar-refractivity contribution is 7.98.